The molecule has 3 aliphatic heterocycles. The Morgan fingerprint density at radius 2 is 1.77 bits per heavy atom. The number of rotatable bonds is 7. The minimum atomic E-state index is 0.262. The molecule has 0 radical (unpaired) electrons. The molecule has 0 spiro atoms. The molecule has 0 aromatic rings. The number of nitriles is 1. The Morgan fingerprint density at radius 3 is 2.38 bits per heavy atom. The van der Waals surface area contributed by atoms with Crippen molar-refractivity contribution in [1.82, 2.24) is 19.6 Å². The van der Waals surface area contributed by atoms with Crippen LogP contribution >= 0.6 is 0 Å². The molecule has 26 heavy (non-hydrogen) atoms. The molecule has 3 saturated heterocycles. The van der Waals surface area contributed by atoms with Crippen LogP contribution in [0.15, 0.2) is 11.5 Å². The van der Waals surface area contributed by atoms with Crippen molar-refractivity contribution in [2.45, 2.75) is 45.1 Å². The number of hydrogen-bond acceptors (Lipinski definition) is 5. The van der Waals surface area contributed by atoms with E-state index < -0.39 is 0 Å². The van der Waals surface area contributed by atoms with Gasteiger partial charge in [-0.25, -0.2) is 10.1 Å². The van der Waals surface area contributed by atoms with Gasteiger partial charge in [-0.3, -0.25) is 0 Å². The highest BCUT2D eigenvalue weighted by atomic mass is 15.4. The fourth-order valence-electron chi connectivity index (χ4n) is 4.57. The third kappa shape index (κ3) is 4.50. The van der Waals surface area contributed by atoms with E-state index in [1.165, 1.54) is 45.3 Å². The van der Waals surface area contributed by atoms with Gasteiger partial charge >= 0.3 is 5.70 Å². The second kappa shape index (κ2) is 9.26. The molecule has 0 aromatic heterocycles. The van der Waals surface area contributed by atoms with Gasteiger partial charge in [0.25, 0.3) is 0 Å². The van der Waals surface area contributed by atoms with Crippen molar-refractivity contribution >= 4 is 0 Å². The Kier molecular flexibility index (Phi) is 6.77. The van der Waals surface area contributed by atoms with Crippen LogP contribution in [0.4, 0.5) is 0 Å². The van der Waals surface area contributed by atoms with E-state index in [1.54, 1.807) is 0 Å². The van der Waals surface area contributed by atoms with Gasteiger partial charge in [-0.2, -0.15) is 0 Å². The largest absolute Gasteiger partial charge is 0.365 e. The molecule has 0 aromatic carbocycles. The maximum atomic E-state index is 9.44. The summed E-state index contributed by atoms with van der Waals surface area (Å²) in [4.78, 5) is 13.2. The summed E-state index contributed by atoms with van der Waals surface area (Å²) in [5.74, 6) is 0.885. The molecule has 6 nitrogen and oxygen atoms in total. The Labute approximate surface area is 158 Å². The lowest BCUT2D eigenvalue weighted by molar-refractivity contribution is 0.241. The Balaban J connectivity index is 1.57. The van der Waals surface area contributed by atoms with Gasteiger partial charge in [0, 0.05) is 45.3 Å². The van der Waals surface area contributed by atoms with Crippen molar-refractivity contribution in [2.75, 3.05) is 58.9 Å². The highest BCUT2D eigenvalue weighted by molar-refractivity contribution is 5.33. The molecule has 142 valence electrons. The molecule has 3 fully saturated rings. The van der Waals surface area contributed by atoms with Crippen molar-refractivity contribution in [1.29, 1.82) is 5.26 Å². The molecule has 0 saturated carbocycles. The zero-order valence-corrected chi connectivity index (χ0v) is 16.2. The van der Waals surface area contributed by atoms with E-state index in [4.69, 9.17) is 6.57 Å². The molecule has 6 heteroatoms. The molecule has 0 amide bonds. The highest BCUT2D eigenvalue weighted by Crippen LogP contribution is 2.24. The summed E-state index contributed by atoms with van der Waals surface area (Å²) in [7, 11) is 0. The topological polar surface area (TPSA) is 41.1 Å². The first-order chi connectivity index (χ1) is 12.7. The van der Waals surface area contributed by atoms with Crippen LogP contribution in [0, 0.1) is 17.9 Å². The SMILES string of the molecule is [C-]#[N+]C(C#N)=C1N(CCCN2CCCC2C)CCN1CCN1CCCC1. The molecular formula is C20H32N6. The average Bonchev–Trinajstić information content (AvgIpc) is 3.38. The van der Waals surface area contributed by atoms with Crippen LogP contribution in [-0.2, 0) is 0 Å². The summed E-state index contributed by atoms with van der Waals surface area (Å²) in [6.45, 7) is 19.2. The average molecular weight is 357 g/mol. The molecule has 0 N–H and O–H groups in total. The third-order valence-electron chi connectivity index (χ3n) is 6.12. The monoisotopic (exact) mass is 356 g/mol. The summed E-state index contributed by atoms with van der Waals surface area (Å²) in [5, 5.41) is 9.44. The van der Waals surface area contributed by atoms with Crippen LogP contribution in [0.3, 0.4) is 0 Å². The molecule has 0 bridgehead atoms. The van der Waals surface area contributed by atoms with E-state index in [2.05, 4.69) is 37.4 Å². The van der Waals surface area contributed by atoms with Gasteiger partial charge < -0.3 is 19.6 Å². The Hall–Kier alpha value is -1.76. The number of allylic oxidation sites excluding steroid dienone is 1. The Bertz CT molecular complexity index is 564. The normalized spacial score (nSPS) is 26.3. The molecule has 3 heterocycles. The van der Waals surface area contributed by atoms with Crippen LogP contribution in [0.1, 0.15) is 39.0 Å². The zero-order valence-electron chi connectivity index (χ0n) is 16.2. The summed E-state index contributed by atoms with van der Waals surface area (Å²) in [5.41, 5.74) is 0.262. The molecule has 3 aliphatic rings. The van der Waals surface area contributed by atoms with E-state index in [9.17, 15) is 5.26 Å². The minimum absolute atomic E-state index is 0.262. The lowest BCUT2D eigenvalue weighted by Crippen LogP contribution is -2.34. The predicted octanol–water partition coefficient (Wildman–Crippen LogP) is 2.19. The van der Waals surface area contributed by atoms with Crippen molar-refractivity contribution in [3.63, 3.8) is 0 Å². The predicted molar refractivity (Wildman–Crippen MR) is 103 cm³/mol. The van der Waals surface area contributed by atoms with Crippen LogP contribution in [0.2, 0.25) is 0 Å². The van der Waals surface area contributed by atoms with Crippen LogP contribution < -0.4 is 0 Å². The maximum absolute atomic E-state index is 9.44. The van der Waals surface area contributed by atoms with Gasteiger partial charge in [-0.15, -0.1) is 0 Å². The standard InChI is InChI=1S/C20H32N6/c1-18-7-5-10-24(18)11-6-12-25-15-16-26(20(25)19(17-21)22-2)14-13-23-8-3-4-9-23/h18H,3-16H2,1H3. The second-order valence-corrected chi connectivity index (χ2v) is 7.80. The molecule has 1 unspecified atom stereocenters. The van der Waals surface area contributed by atoms with Gasteiger partial charge in [0.1, 0.15) is 5.82 Å². The Morgan fingerprint density at radius 1 is 1.04 bits per heavy atom. The smallest absolute Gasteiger partial charge is 0.300 e. The van der Waals surface area contributed by atoms with Crippen molar-refractivity contribution in [2.24, 2.45) is 0 Å². The minimum Gasteiger partial charge on any atom is -0.365 e. The number of nitrogens with zero attached hydrogens (tertiary/aromatic N) is 6. The van der Waals surface area contributed by atoms with Gasteiger partial charge in [0.05, 0.1) is 12.6 Å². The first-order valence-corrected chi connectivity index (χ1v) is 10.2. The van der Waals surface area contributed by atoms with E-state index in [0.717, 1.165) is 51.5 Å². The van der Waals surface area contributed by atoms with Crippen LogP contribution in [0.5, 0.6) is 0 Å². The van der Waals surface area contributed by atoms with E-state index in [1.807, 2.05) is 0 Å². The van der Waals surface area contributed by atoms with Gasteiger partial charge in [0.2, 0.25) is 0 Å². The van der Waals surface area contributed by atoms with E-state index in [-0.39, 0.29) is 5.70 Å². The summed E-state index contributed by atoms with van der Waals surface area (Å²) < 4.78 is 0. The fourth-order valence-corrected chi connectivity index (χ4v) is 4.57. The molecule has 0 aliphatic carbocycles. The maximum Gasteiger partial charge on any atom is 0.300 e. The first-order valence-electron chi connectivity index (χ1n) is 10.2. The van der Waals surface area contributed by atoms with Crippen molar-refractivity contribution in [3.05, 3.63) is 22.9 Å². The summed E-state index contributed by atoms with van der Waals surface area (Å²) >= 11 is 0. The molecular weight excluding hydrogens is 324 g/mol. The highest BCUT2D eigenvalue weighted by Gasteiger charge is 2.29. The number of hydrogen-bond donors (Lipinski definition) is 0. The summed E-state index contributed by atoms with van der Waals surface area (Å²) in [6.07, 6.45) is 6.33. The fraction of sp³-hybridized carbons (Fsp3) is 0.800. The third-order valence-corrected chi connectivity index (χ3v) is 6.12. The van der Waals surface area contributed by atoms with E-state index in [0.29, 0.717) is 6.04 Å². The van der Waals surface area contributed by atoms with Crippen molar-refractivity contribution in [3.8, 4) is 6.07 Å². The second-order valence-electron chi connectivity index (χ2n) is 7.80. The molecule has 1 atom stereocenters. The van der Waals surface area contributed by atoms with Crippen LogP contribution in [0.25, 0.3) is 4.85 Å². The van der Waals surface area contributed by atoms with Crippen molar-refractivity contribution < 1.29 is 0 Å². The summed E-state index contributed by atoms with van der Waals surface area (Å²) in [6, 6.07) is 2.85. The lowest BCUT2D eigenvalue weighted by Gasteiger charge is -2.28. The first kappa shape index (κ1) is 19.0. The van der Waals surface area contributed by atoms with Gasteiger partial charge in [0.15, 0.2) is 0 Å². The molecule has 3 rings (SSSR count). The quantitative estimate of drug-likeness (QED) is 0.517. The van der Waals surface area contributed by atoms with Crippen LogP contribution in [-0.4, -0.2) is 84.5 Å². The van der Waals surface area contributed by atoms with Gasteiger partial charge in [-0.1, -0.05) is 0 Å². The van der Waals surface area contributed by atoms with E-state index >= 15 is 0 Å². The lowest BCUT2D eigenvalue weighted by atomic mass is 10.2. The number of likely N-dealkylation sites (tertiary alicyclic amines) is 2. The van der Waals surface area contributed by atoms with Gasteiger partial charge in [-0.05, 0) is 58.7 Å². The zero-order chi connectivity index (χ0) is 18.4.